The van der Waals surface area contributed by atoms with Gasteiger partial charge in [-0.25, -0.2) is 13.1 Å². The molecule has 1 aliphatic heterocycles. The maximum Gasteiger partial charge on any atom is 0.240 e. The molecule has 0 spiro atoms. The van der Waals surface area contributed by atoms with E-state index in [4.69, 9.17) is 9.47 Å². The molecule has 1 saturated heterocycles. The first-order chi connectivity index (χ1) is 13.9. The summed E-state index contributed by atoms with van der Waals surface area (Å²) >= 11 is 0. The summed E-state index contributed by atoms with van der Waals surface area (Å²) in [5.74, 6) is 0.621. The van der Waals surface area contributed by atoms with Crippen LogP contribution in [-0.2, 0) is 14.8 Å². The molecule has 0 amide bonds. The molecule has 7 nitrogen and oxygen atoms in total. The number of nitrogens with one attached hydrogen (secondary N) is 1. The van der Waals surface area contributed by atoms with E-state index in [1.165, 1.54) is 0 Å². The number of nitrogens with zero attached hydrogens (tertiary/aromatic N) is 2. The Bertz CT molecular complexity index is 877. The highest BCUT2D eigenvalue weighted by Gasteiger charge is 2.25. The fraction of sp³-hybridized carbons (Fsp3) is 0.429. The van der Waals surface area contributed by atoms with Gasteiger partial charge in [-0.2, -0.15) is 0 Å². The monoisotopic (exact) mass is 419 g/mol. The summed E-state index contributed by atoms with van der Waals surface area (Å²) in [5.41, 5.74) is 2.18. The highest BCUT2D eigenvalue weighted by atomic mass is 32.2. The molecule has 0 unspecified atom stereocenters. The Kier molecular flexibility index (Phi) is 7.13. The molecule has 8 heteroatoms. The average Bonchev–Trinajstić information content (AvgIpc) is 2.75. The molecule has 0 radical (unpaired) electrons. The van der Waals surface area contributed by atoms with Gasteiger partial charge in [0.1, 0.15) is 5.75 Å². The highest BCUT2D eigenvalue weighted by Crippen LogP contribution is 2.24. The van der Waals surface area contributed by atoms with Crippen molar-refractivity contribution in [2.75, 3.05) is 59.0 Å². The molecule has 29 heavy (non-hydrogen) atoms. The summed E-state index contributed by atoms with van der Waals surface area (Å²) in [6, 6.07) is 14.6. The third kappa shape index (κ3) is 5.48. The molecule has 1 aliphatic rings. The number of ether oxygens (including phenoxy) is 2. The number of hydrogen-bond acceptors (Lipinski definition) is 6. The number of sulfonamides is 1. The molecule has 0 aliphatic carbocycles. The Morgan fingerprint density at radius 3 is 2.24 bits per heavy atom. The summed E-state index contributed by atoms with van der Waals surface area (Å²) < 4.78 is 38.9. The van der Waals surface area contributed by atoms with Crippen molar-refractivity contribution in [1.29, 1.82) is 0 Å². The van der Waals surface area contributed by atoms with E-state index >= 15 is 0 Å². The molecule has 1 atom stereocenters. The molecule has 158 valence electrons. The van der Waals surface area contributed by atoms with Crippen LogP contribution in [0, 0.1) is 0 Å². The van der Waals surface area contributed by atoms with Crippen LogP contribution in [0.25, 0.3) is 0 Å². The second-order valence-corrected chi connectivity index (χ2v) is 8.94. The predicted octanol–water partition coefficient (Wildman–Crippen LogP) is 2.11. The molecule has 3 rings (SSSR count). The van der Waals surface area contributed by atoms with Gasteiger partial charge < -0.3 is 14.4 Å². The van der Waals surface area contributed by atoms with Gasteiger partial charge in [-0.1, -0.05) is 12.1 Å². The fourth-order valence-corrected chi connectivity index (χ4v) is 4.41. The zero-order valence-corrected chi connectivity index (χ0v) is 18.0. The largest absolute Gasteiger partial charge is 0.497 e. The predicted molar refractivity (Wildman–Crippen MR) is 114 cm³/mol. The van der Waals surface area contributed by atoms with Crippen LogP contribution >= 0.6 is 0 Å². The molecule has 0 aromatic heterocycles. The first-order valence-electron chi connectivity index (χ1n) is 9.63. The van der Waals surface area contributed by atoms with Gasteiger partial charge in [0, 0.05) is 45.5 Å². The van der Waals surface area contributed by atoms with Crippen molar-refractivity contribution in [2.45, 2.75) is 10.9 Å². The lowest BCUT2D eigenvalue weighted by Gasteiger charge is -2.35. The number of hydrogen-bond donors (Lipinski definition) is 1. The number of morpholine rings is 1. The number of rotatable bonds is 8. The van der Waals surface area contributed by atoms with Crippen LogP contribution in [0.3, 0.4) is 0 Å². The van der Waals surface area contributed by atoms with E-state index in [1.54, 1.807) is 31.4 Å². The Hall–Kier alpha value is -2.13. The van der Waals surface area contributed by atoms with Crippen molar-refractivity contribution in [3.8, 4) is 5.75 Å². The Morgan fingerprint density at radius 1 is 1.07 bits per heavy atom. The Labute approximate surface area is 173 Å². The van der Waals surface area contributed by atoms with Gasteiger partial charge in [-0.05, 0) is 42.0 Å². The second-order valence-electron chi connectivity index (χ2n) is 7.18. The van der Waals surface area contributed by atoms with Gasteiger partial charge >= 0.3 is 0 Å². The summed E-state index contributed by atoms with van der Waals surface area (Å²) in [4.78, 5) is 4.53. The normalized spacial score (nSPS) is 16.4. The van der Waals surface area contributed by atoms with E-state index < -0.39 is 10.0 Å². The maximum absolute atomic E-state index is 12.8. The zero-order chi connectivity index (χ0) is 20.9. The van der Waals surface area contributed by atoms with Crippen LogP contribution in [0.1, 0.15) is 11.6 Å². The topological polar surface area (TPSA) is 71.1 Å². The van der Waals surface area contributed by atoms with Crippen molar-refractivity contribution in [2.24, 2.45) is 0 Å². The van der Waals surface area contributed by atoms with Crippen LogP contribution in [0.2, 0.25) is 0 Å². The first kappa shape index (κ1) is 21.6. The zero-order valence-electron chi connectivity index (χ0n) is 17.2. The third-order valence-corrected chi connectivity index (χ3v) is 6.56. The van der Waals surface area contributed by atoms with E-state index in [0.717, 1.165) is 24.3 Å². The molecule has 2 aromatic rings. The van der Waals surface area contributed by atoms with Crippen LogP contribution in [0.5, 0.6) is 5.75 Å². The number of methoxy groups -OCH3 is 1. The van der Waals surface area contributed by atoms with E-state index in [9.17, 15) is 8.42 Å². The fourth-order valence-electron chi connectivity index (χ4n) is 3.37. The molecule has 1 N–H and O–H groups in total. The summed E-state index contributed by atoms with van der Waals surface area (Å²) in [6.07, 6.45) is 0. The van der Waals surface area contributed by atoms with Crippen LogP contribution in [0.4, 0.5) is 5.69 Å². The minimum Gasteiger partial charge on any atom is -0.497 e. The quantitative estimate of drug-likeness (QED) is 0.707. The molecule has 1 heterocycles. The van der Waals surface area contributed by atoms with Crippen molar-refractivity contribution in [1.82, 2.24) is 9.62 Å². The summed E-state index contributed by atoms with van der Waals surface area (Å²) in [7, 11) is 1.93. The van der Waals surface area contributed by atoms with Crippen molar-refractivity contribution < 1.29 is 17.9 Å². The van der Waals surface area contributed by atoms with E-state index in [1.807, 2.05) is 19.0 Å². The molecule has 2 aromatic carbocycles. The van der Waals surface area contributed by atoms with Gasteiger partial charge in [0.05, 0.1) is 25.2 Å². The molecule has 1 fully saturated rings. The van der Waals surface area contributed by atoms with Gasteiger partial charge in [-0.3, -0.25) is 4.90 Å². The Morgan fingerprint density at radius 2 is 1.69 bits per heavy atom. The van der Waals surface area contributed by atoms with Crippen molar-refractivity contribution in [3.05, 3.63) is 54.1 Å². The average molecular weight is 420 g/mol. The van der Waals surface area contributed by atoms with Crippen LogP contribution in [-0.4, -0.2) is 67.4 Å². The van der Waals surface area contributed by atoms with Gasteiger partial charge in [0.15, 0.2) is 0 Å². The first-order valence-corrected chi connectivity index (χ1v) is 11.1. The maximum atomic E-state index is 12.8. The van der Waals surface area contributed by atoms with E-state index in [2.05, 4.69) is 33.9 Å². The number of anilines is 1. The highest BCUT2D eigenvalue weighted by molar-refractivity contribution is 7.89. The minimum absolute atomic E-state index is 0.0665. The Balaban J connectivity index is 1.78. The lowest BCUT2D eigenvalue weighted by Crippen LogP contribution is -2.43. The van der Waals surface area contributed by atoms with Gasteiger partial charge in [0.25, 0.3) is 0 Å². The summed E-state index contributed by atoms with van der Waals surface area (Å²) in [6.45, 7) is 3.12. The SMILES string of the molecule is COc1ccc(S(=O)(=O)NC[C@H](c2ccc(N(C)C)cc2)N2CCOCC2)cc1. The lowest BCUT2D eigenvalue weighted by molar-refractivity contribution is 0.0172. The molecular formula is C21H29N3O4S. The third-order valence-electron chi connectivity index (χ3n) is 5.12. The number of benzene rings is 2. The van der Waals surface area contributed by atoms with E-state index in [0.29, 0.717) is 19.0 Å². The van der Waals surface area contributed by atoms with Gasteiger partial charge in [0.2, 0.25) is 10.0 Å². The van der Waals surface area contributed by atoms with Crippen LogP contribution < -0.4 is 14.4 Å². The summed E-state index contributed by atoms with van der Waals surface area (Å²) in [5, 5.41) is 0. The van der Waals surface area contributed by atoms with E-state index in [-0.39, 0.29) is 17.5 Å². The van der Waals surface area contributed by atoms with Crippen molar-refractivity contribution >= 4 is 15.7 Å². The van der Waals surface area contributed by atoms with Crippen molar-refractivity contribution in [3.63, 3.8) is 0 Å². The smallest absolute Gasteiger partial charge is 0.240 e. The lowest BCUT2D eigenvalue weighted by atomic mass is 10.0. The standard InChI is InChI=1S/C21H29N3O4S/c1-23(2)18-6-4-17(5-7-18)21(24-12-14-28-15-13-24)16-22-29(25,26)20-10-8-19(27-3)9-11-20/h4-11,21-22H,12-16H2,1-3H3/t21-/m1/s1. The molecule has 0 bridgehead atoms. The van der Waals surface area contributed by atoms with Gasteiger partial charge in [-0.15, -0.1) is 0 Å². The minimum atomic E-state index is -3.62. The molecule has 0 saturated carbocycles. The molecular weight excluding hydrogens is 390 g/mol. The van der Waals surface area contributed by atoms with Crippen LogP contribution in [0.15, 0.2) is 53.4 Å². The second kappa shape index (κ2) is 9.58.